The number of hydrogen-bond acceptors (Lipinski definition) is 2. The molecule has 4 nitrogen and oxygen atoms in total. The Morgan fingerprint density at radius 3 is 2.82 bits per heavy atom. The van der Waals surface area contributed by atoms with Crippen LogP contribution in [-0.2, 0) is 9.59 Å². The molecule has 5 heteroatoms. The third-order valence-corrected chi connectivity index (χ3v) is 5.03. The zero-order chi connectivity index (χ0) is 15.7. The molecule has 2 fully saturated rings. The number of piperidine rings is 2. The van der Waals surface area contributed by atoms with E-state index >= 15 is 0 Å². The van der Waals surface area contributed by atoms with Crippen LogP contribution >= 0.6 is 11.6 Å². The van der Waals surface area contributed by atoms with Crippen LogP contribution in [0.5, 0.6) is 0 Å². The summed E-state index contributed by atoms with van der Waals surface area (Å²) < 4.78 is 0. The summed E-state index contributed by atoms with van der Waals surface area (Å²) in [4.78, 5) is 25.9. The zero-order valence-electron chi connectivity index (χ0n) is 12.7. The van der Waals surface area contributed by atoms with Gasteiger partial charge in [-0.25, -0.2) is 0 Å². The summed E-state index contributed by atoms with van der Waals surface area (Å²) in [6.07, 6.45) is 4.12. The highest BCUT2D eigenvalue weighted by Gasteiger charge is 2.41. The summed E-state index contributed by atoms with van der Waals surface area (Å²) in [7, 11) is 0. The standard InChI is InChI=1S/C17H21ClN2O2/c1-11(21)19-12-9-13-5-4-8-17(22)20(13)16(10-12)14-6-2-3-7-15(14)18/h2-3,6-7,12-13,16H,4-5,8-10H2,1H3,(H,19,21). The average molecular weight is 321 g/mol. The van der Waals surface area contributed by atoms with Crippen molar-refractivity contribution in [2.45, 2.75) is 57.2 Å². The maximum absolute atomic E-state index is 12.4. The van der Waals surface area contributed by atoms with Gasteiger partial charge < -0.3 is 10.2 Å². The van der Waals surface area contributed by atoms with Crippen LogP contribution in [0.25, 0.3) is 0 Å². The Morgan fingerprint density at radius 1 is 1.32 bits per heavy atom. The SMILES string of the molecule is CC(=O)NC1CC2CCCC(=O)N2C(c2ccccc2Cl)C1. The molecule has 2 amide bonds. The summed E-state index contributed by atoms with van der Waals surface area (Å²) >= 11 is 6.36. The van der Waals surface area contributed by atoms with Crippen molar-refractivity contribution in [1.29, 1.82) is 0 Å². The molecule has 0 bridgehead atoms. The molecule has 3 rings (SSSR count). The molecule has 0 radical (unpaired) electrons. The van der Waals surface area contributed by atoms with Crippen LogP contribution in [0.4, 0.5) is 0 Å². The molecular weight excluding hydrogens is 300 g/mol. The molecule has 2 aliphatic heterocycles. The molecule has 3 unspecified atom stereocenters. The molecule has 0 aliphatic carbocycles. The van der Waals surface area contributed by atoms with Crippen molar-refractivity contribution < 1.29 is 9.59 Å². The van der Waals surface area contributed by atoms with Gasteiger partial charge in [0.05, 0.1) is 6.04 Å². The van der Waals surface area contributed by atoms with Gasteiger partial charge >= 0.3 is 0 Å². The predicted octanol–water partition coefficient (Wildman–Crippen LogP) is 3.06. The molecule has 0 saturated carbocycles. The second kappa shape index (κ2) is 6.29. The van der Waals surface area contributed by atoms with E-state index in [0.29, 0.717) is 11.4 Å². The van der Waals surface area contributed by atoms with Crippen molar-refractivity contribution in [2.24, 2.45) is 0 Å². The molecule has 1 aromatic carbocycles. The summed E-state index contributed by atoms with van der Waals surface area (Å²) in [5.74, 6) is 0.195. The highest BCUT2D eigenvalue weighted by atomic mass is 35.5. The van der Waals surface area contributed by atoms with Crippen molar-refractivity contribution >= 4 is 23.4 Å². The van der Waals surface area contributed by atoms with Gasteiger partial charge in [-0.05, 0) is 37.3 Å². The Morgan fingerprint density at radius 2 is 2.09 bits per heavy atom. The van der Waals surface area contributed by atoms with Crippen molar-refractivity contribution in [3.05, 3.63) is 34.9 Å². The number of nitrogens with zero attached hydrogens (tertiary/aromatic N) is 1. The van der Waals surface area contributed by atoms with Gasteiger partial charge in [0.1, 0.15) is 0 Å². The smallest absolute Gasteiger partial charge is 0.223 e. The third kappa shape index (κ3) is 2.98. The molecule has 1 N–H and O–H groups in total. The third-order valence-electron chi connectivity index (χ3n) is 4.68. The lowest BCUT2D eigenvalue weighted by atomic mass is 9.83. The van der Waals surface area contributed by atoms with E-state index in [4.69, 9.17) is 11.6 Å². The van der Waals surface area contributed by atoms with Gasteiger partial charge in [-0.1, -0.05) is 29.8 Å². The molecule has 118 valence electrons. The van der Waals surface area contributed by atoms with E-state index in [9.17, 15) is 9.59 Å². The molecule has 2 aliphatic rings. The first-order valence-corrected chi connectivity index (χ1v) is 8.26. The van der Waals surface area contributed by atoms with Crippen molar-refractivity contribution in [3.63, 3.8) is 0 Å². The number of hydrogen-bond donors (Lipinski definition) is 1. The van der Waals surface area contributed by atoms with Gasteiger partial charge in [-0.2, -0.15) is 0 Å². The van der Waals surface area contributed by atoms with E-state index in [1.54, 1.807) is 6.92 Å². The lowest BCUT2D eigenvalue weighted by molar-refractivity contribution is -0.143. The summed E-state index contributed by atoms with van der Waals surface area (Å²) in [5, 5.41) is 3.72. The van der Waals surface area contributed by atoms with Crippen LogP contribution in [0.3, 0.4) is 0 Å². The molecule has 0 spiro atoms. The largest absolute Gasteiger partial charge is 0.353 e. The van der Waals surface area contributed by atoms with Crippen LogP contribution in [0, 0.1) is 0 Å². The number of carbonyl (C=O) groups is 2. The van der Waals surface area contributed by atoms with E-state index in [0.717, 1.165) is 31.2 Å². The minimum absolute atomic E-state index is 0.0153. The maximum atomic E-state index is 12.4. The van der Waals surface area contributed by atoms with Gasteiger partial charge in [-0.15, -0.1) is 0 Å². The van der Waals surface area contributed by atoms with Gasteiger partial charge in [0.2, 0.25) is 11.8 Å². The van der Waals surface area contributed by atoms with E-state index in [-0.39, 0.29) is 29.9 Å². The predicted molar refractivity (Wildman–Crippen MR) is 85.5 cm³/mol. The van der Waals surface area contributed by atoms with E-state index < -0.39 is 0 Å². The Labute approximate surface area is 135 Å². The van der Waals surface area contributed by atoms with Crippen LogP contribution in [0.2, 0.25) is 5.02 Å². The number of carbonyl (C=O) groups excluding carboxylic acids is 2. The Hall–Kier alpha value is -1.55. The molecule has 1 aromatic rings. The molecule has 2 saturated heterocycles. The molecule has 3 atom stereocenters. The van der Waals surface area contributed by atoms with Crippen molar-refractivity contribution in [3.8, 4) is 0 Å². The minimum atomic E-state index is -0.0444. The highest BCUT2D eigenvalue weighted by molar-refractivity contribution is 6.31. The van der Waals surface area contributed by atoms with Crippen LogP contribution < -0.4 is 5.32 Å². The molecule has 2 heterocycles. The second-order valence-electron chi connectivity index (χ2n) is 6.25. The van der Waals surface area contributed by atoms with Gasteiger partial charge in [0, 0.05) is 30.5 Å². The molecule has 0 aromatic heterocycles. The fourth-order valence-corrected chi connectivity index (χ4v) is 4.12. The minimum Gasteiger partial charge on any atom is -0.353 e. The number of amides is 2. The lowest BCUT2D eigenvalue weighted by Crippen LogP contribution is -2.54. The Bertz CT molecular complexity index is 590. The maximum Gasteiger partial charge on any atom is 0.223 e. The summed E-state index contributed by atoms with van der Waals surface area (Å²) in [6, 6.07) is 7.96. The van der Waals surface area contributed by atoms with E-state index in [2.05, 4.69) is 5.32 Å². The zero-order valence-corrected chi connectivity index (χ0v) is 13.5. The number of benzene rings is 1. The van der Waals surface area contributed by atoms with Gasteiger partial charge in [0.15, 0.2) is 0 Å². The summed E-state index contributed by atoms with van der Waals surface area (Å²) in [6.45, 7) is 1.54. The normalized spacial score (nSPS) is 28.2. The lowest BCUT2D eigenvalue weighted by Gasteiger charge is -2.48. The quantitative estimate of drug-likeness (QED) is 0.910. The van der Waals surface area contributed by atoms with Gasteiger partial charge in [-0.3, -0.25) is 9.59 Å². The Balaban J connectivity index is 1.93. The Kier molecular flexibility index (Phi) is 4.39. The molecule has 22 heavy (non-hydrogen) atoms. The van der Waals surface area contributed by atoms with Crippen LogP contribution in [0.1, 0.15) is 50.6 Å². The average Bonchev–Trinajstić information content (AvgIpc) is 2.46. The first-order chi connectivity index (χ1) is 10.6. The number of rotatable bonds is 2. The van der Waals surface area contributed by atoms with Gasteiger partial charge in [0.25, 0.3) is 0 Å². The first kappa shape index (κ1) is 15.3. The van der Waals surface area contributed by atoms with E-state index in [1.165, 1.54) is 0 Å². The first-order valence-electron chi connectivity index (χ1n) is 7.89. The fraction of sp³-hybridized carbons (Fsp3) is 0.529. The monoisotopic (exact) mass is 320 g/mol. The number of halogens is 1. The second-order valence-corrected chi connectivity index (χ2v) is 6.66. The van der Waals surface area contributed by atoms with Crippen LogP contribution in [-0.4, -0.2) is 28.8 Å². The number of fused-ring (bicyclic) bond motifs is 1. The summed E-state index contributed by atoms with van der Waals surface area (Å²) in [5.41, 5.74) is 0.986. The molecular formula is C17H21ClN2O2. The van der Waals surface area contributed by atoms with E-state index in [1.807, 2.05) is 29.2 Å². The van der Waals surface area contributed by atoms with Crippen LogP contribution in [0.15, 0.2) is 24.3 Å². The number of nitrogens with one attached hydrogen (secondary N) is 1. The fourth-order valence-electron chi connectivity index (χ4n) is 3.86. The topological polar surface area (TPSA) is 49.4 Å². The highest BCUT2D eigenvalue weighted by Crippen LogP contribution is 2.41. The van der Waals surface area contributed by atoms with Crippen molar-refractivity contribution in [2.75, 3.05) is 0 Å². The van der Waals surface area contributed by atoms with Crippen molar-refractivity contribution in [1.82, 2.24) is 10.2 Å².